The zero-order valence-electron chi connectivity index (χ0n) is 11.7. The second kappa shape index (κ2) is 6.25. The summed E-state index contributed by atoms with van der Waals surface area (Å²) in [6, 6.07) is 9.76. The lowest BCUT2D eigenvalue weighted by Gasteiger charge is -2.09. The molecule has 0 heterocycles. The smallest absolute Gasteiger partial charge is 0.207 e. The molecular weight excluding hydrogens is 357 g/mol. The van der Waals surface area contributed by atoms with Gasteiger partial charge in [0.1, 0.15) is 5.82 Å². The lowest BCUT2D eigenvalue weighted by Crippen LogP contribution is -2.23. The van der Waals surface area contributed by atoms with Crippen LogP contribution in [-0.2, 0) is 16.6 Å². The molecule has 0 atom stereocenters. The van der Waals surface area contributed by atoms with E-state index in [4.69, 9.17) is 0 Å². The number of rotatable bonds is 4. The van der Waals surface area contributed by atoms with Gasteiger partial charge in [-0.3, -0.25) is 0 Å². The molecule has 0 aliphatic rings. The van der Waals surface area contributed by atoms with Crippen molar-refractivity contribution in [2.75, 3.05) is 0 Å². The van der Waals surface area contributed by atoms with Crippen LogP contribution in [0.3, 0.4) is 0 Å². The van der Waals surface area contributed by atoms with Crippen LogP contribution in [0.25, 0.3) is 0 Å². The van der Waals surface area contributed by atoms with Crippen LogP contribution in [0.5, 0.6) is 0 Å². The molecule has 0 fully saturated rings. The molecule has 2 rings (SSSR count). The van der Waals surface area contributed by atoms with Crippen molar-refractivity contribution in [1.82, 2.24) is 4.72 Å². The highest BCUT2D eigenvalue weighted by Crippen LogP contribution is 2.18. The fraction of sp³-hybridized carbons (Fsp3) is 0.200. The van der Waals surface area contributed by atoms with Gasteiger partial charge in [-0.05, 0) is 48.7 Å². The summed E-state index contributed by atoms with van der Waals surface area (Å²) in [4.78, 5) is 0.187. The molecule has 6 heteroatoms. The third-order valence-corrected chi connectivity index (χ3v) is 4.96. The Morgan fingerprint density at radius 2 is 1.76 bits per heavy atom. The number of halogens is 2. The summed E-state index contributed by atoms with van der Waals surface area (Å²) in [5, 5.41) is 0. The van der Waals surface area contributed by atoms with E-state index >= 15 is 0 Å². The van der Waals surface area contributed by atoms with Crippen molar-refractivity contribution < 1.29 is 12.8 Å². The molecular formula is C15H15BrFNO2S. The molecule has 0 radical (unpaired) electrons. The number of nitrogens with one attached hydrogen (secondary N) is 1. The standard InChI is InChI=1S/C15H15BrFNO2S/c1-10-6-12(7-11(2)15(10)17)9-18-21(19,20)14-5-3-4-13(16)8-14/h3-8,18H,9H2,1-2H3. The van der Waals surface area contributed by atoms with Gasteiger partial charge in [0.05, 0.1) is 4.90 Å². The molecule has 0 aliphatic carbocycles. The molecule has 2 aromatic carbocycles. The molecule has 3 nitrogen and oxygen atoms in total. The summed E-state index contributed by atoms with van der Waals surface area (Å²) in [6.45, 7) is 3.44. The summed E-state index contributed by atoms with van der Waals surface area (Å²) in [7, 11) is -3.59. The Bertz CT molecular complexity index is 752. The van der Waals surface area contributed by atoms with Gasteiger partial charge in [-0.2, -0.15) is 0 Å². The minimum absolute atomic E-state index is 0.122. The normalized spacial score (nSPS) is 11.6. The van der Waals surface area contributed by atoms with E-state index in [1.807, 2.05) is 0 Å². The Balaban J connectivity index is 2.19. The van der Waals surface area contributed by atoms with Gasteiger partial charge in [0.15, 0.2) is 0 Å². The van der Waals surface area contributed by atoms with Crippen LogP contribution in [0.4, 0.5) is 4.39 Å². The summed E-state index contributed by atoms with van der Waals surface area (Å²) < 4.78 is 41.1. The monoisotopic (exact) mass is 371 g/mol. The number of benzene rings is 2. The highest BCUT2D eigenvalue weighted by Gasteiger charge is 2.14. The average molecular weight is 372 g/mol. The summed E-state index contributed by atoms with van der Waals surface area (Å²) in [5.41, 5.74) is 1.74. The lowest BCUT2D eigenvalue weighted by molar-refractivity contribution is 0.580. The van der Waals surface area contributed by atoms with Crippen LogP contribution in [0.2, 0.25) is 0 Å². The van der Waals surface area contributed by atoms with Gasteiger partial charge in [0.2, 0.25) is 10.0 Å². The third-order valence-electron chi connectivity index (χ3n) is 3.07. The average Bonchev–Trinajstić information content (AvgIpc) is 2.42. The second-order valence-corrected chi connectivity index (χ2v) is 7.51. The largest absolute Gasteiger partial charge is 0.240 e. The van der Waals surface area contributed by atoms with Crippen LogP contribution in [0.15, 0.2) is 45.8 Å². The third kappa shape index (κ3) is 3.90. The van der Waals surface area contributed by atoms with Crippen LogP contribution in [-0.4, -0.2) is 8.42 Å². The zero-order chi connectivity index (χ0) is 15.6. The van der Waals surface area contributed by atoms with Gasteiger partial charge in [0, 0.05) is 11.0 Å². The van der Waals surface area contributed by atoms with Gasteiger partial charge < -0.3 is 0 Å². The van der Waals surface area contributed by atoms with Crippen LogP contribution in [0, 0.1) is 19.7 Å². The first-order valence-corrected chi connectivity index (χ1v) is 8.58. The van der Waals surface area contributed by atoms with Crippen LogP contribution < -0.4 is 4.72 Å². The van der Waals surface area contributed by atoms with Crippen LogP contribution in [0.1, 0.15) is 16.7 Å². The van der Waals surface area contributed by atoms with Gasteiger partial charge in [0.25, 0.3) is 0 Å². The van der Waals surface area contributed by atoms with E-state index in [2.05, 4.69) is 20.7 Å². The first-order valence-electron chi connectivity index (χ1n) is 6.30. The number of aryl methyl sites for hydroxylation is 2. The molecule has 0 bridgehead atoms. The lowest BCUT2D eigenvalue weighted by atomic mass is 10.1. The van der Waals surface area contributed by atoms with Crippen molar-refractivity contribution in [3.8, 4) is 0 Å². The molecule has 112 valence electrons. The molecule has 0 saturated carbocycles. The van der Waals surface area contributed by atoms with Crippen molar-refractivity contribution in [2.24, 2.45) is 0 Å². The number of hydrogen-bond acceptors (Lipinski definition) is 2. The van der Waals surface area contributed by atoms with E-state index in [0.717, 1.165) is 5.56 Å². The molecule has 0 unspecified atom stereocenters. The molecule has 0 saturated heterocycles. The van der Waals surface area contributed by atoms with Crippen molar-refractivity contribution >= 4 is 26.0 Å². The predicted octanol–water partition coefficient (Wildman–Crippen LogP) is 3.68. The van der Waals surface area contributed by atoms with Gasteiger partial charge in [-0.1, -0.05) is 34.1 Å². The topological polar surface area (TPSA) is 46.2 Å². The minimum Gasteiger partial charge on any atom is -0.207 e. The molecule has 1 N–H and O–H groups in total. The maximum absolute atomic E-state index is 13.6. The zero-order valence-corrected chi connectivity index (χ0v) is 14.1. The molecule has 0 aromatic heterocycles. The molecule has 0 aliphatic heterocycles. The molecule has 0 amide bonds. The van der Waals surface area contributed by atoms with Crippen molar-refractivity contribution in [2.45, 2.75) is 25.3 Å². The fourth-order valence-electron chi connectivity index (χ4n) is 2.03. The Hall–Kier alpha value is -1.24. The first-order chi connectivity index (χ1) is 9.79. The van der Waals surface area contributed by atoms with E-state index in [-0.39, 0.29) is 17.3 Å². The molecule has 2 aromatic rings. The Labute approximate surface area is 132 Å². The van der Waals surface area contributed by atoms with E-state index in [1.54, 1.807) is 38.1 Å². The first kappa shape index (κ1) is 16.1. The van der Waals surface area contributed by atoms with Gasteiger partial charge in [-0.25, -0.2) is 17.5 Å². The number of sulfonamides is 1. The van der Waals surface area contributed by atoms with Crippen molar-refractivity contribution in [3.63, 3.8) is 0 Å². The summed E-state index contributed by atoms with van der Waals surface area (Å²) in [6.07, 6.45) is 0. The van der Waals surface area contributed by atoms with Crippen molar-refractivity contribution in [1.29, 1.82) is 0 Å². The van der Waals surface area contributed by atoms with Crippen molar-refractivity contribution in [3.05, 3.63) is 63.4 Å². The number of hydrogen-bond donors (Lipinski definition) is 1. The quantitative estimate of drug-likeness (QED) is 0.890. The maximum Gasteiger partial charge on any atom is 0.240 e. The van der Waals surface area contributed by atoms with E-state index in [9.17, 15) is 12.8 Å². The fourth-order valence-corrected chi connectivity index (χ4v) is 3.65. The van der Waals surface area contributed by atoms with Gasteiger partial charge in [-0.15, -0.1) is 0 Å². The highest BCUT2D eigenvalue weighted by atomic mass is 79.9. The Morgan fingerprint density at radius 1 is 1.14 bits per heavy atom. The Kier molecular flexibility index (Phi) is 4.81. The van der Waals surface area contributed by atoms with Crippen LogP contribution >= 0.6 is 15.9 Å². The molecule has 21 heavy (non-hydrogen) atoms. The summed E-state index contributed by atoms with van der Waals surface area (Å²) >= 11 is 3.24. The maximum atomic E-state index is 13.6. The SMILES string of the molecule is Cc1cc(CNS(=O)(=O)c2cccc(Br)c2)cc(C)c1F. The summed E-state index contributed by atoms with van der Waals surface area (Å²) in [5.74, 6) is -0.256. The highest BCUT2D eigenvalue weighted by molar-refractivity contribution is 9.10. The second-order valence-electron chi connectivity index (χ2n) is 4.83. The van der Waals surface area contributed by atoms with E-state index in [0.29, 0.717) is 15.6 Å². The minimum atomic E-state index is -3.59. The van der Waals surface area contributed by atoms with Gasteiger partial charge >= 0.3 is 0 Å². The Morgan fingerprint density at radius 3 is 2.33 bits per heavy atom. The molecule has 0 spiro atoms. The predicted molar refractivity (Wildman–Crippen MR) is 84.0 cm³/mol. The van der Waals surface area contributed by atoms with E-state index in [1.165, 1.54) is 12.1 Å². The van der Waals surface area contributed by atoms with E-state index < -0.39 is 10.0 Å².